The number of likely N-dealkylation sites (tertiary alicyclic amines) is 1. The molecule has 1 aliphatic rings. The van der Waals surface area contributed by atoms with Crippen molar-refractivity contribution in [2.45, 2.75) is 25.2 Å². The number of hydrogen-bond donors (Lipinski definition) is 1. The lowest BCUT2D eigenvalue weighted by atomic mass is 9.89. The molecule has 0 aliphatic carbocycles. The van der Waals surface area contributed by atoms with Crippen LogP contribution in [0.15, 0.2) is 29.7 Å². The first kappa shape index (κ1) is 18.0. The normalized spacial score (nSPS) is 17.2. The van der Waals surface area contributed by atoms with Gasteiger partial charge in [0.2, 0.25) is 10.0 Å². The second-order valence-corrected chi connectivity index (χ2v) is 8.76. The molecule has 1 fully saturated rings. The quantitative estimate of drug-likeness (QED) is 0.796. The lowest BCUT2D eigenvalue weighted by molar-refractivity contribution is 0.256. The largest absolute Gasteiger partial charge is 0.306 e. The third-order valence-corrected chi connectivity index (χ3v) is 6.46. The zero-order valence-corrected chi connectivity index (χ0v) is 15.4. The molecule has 0 atom stereocenters. The van der Waals surface area contributed by atoms with Gasteiger partial charge in [-0.15, -0.1) is 4.91 Å². The Hall–Kier alpha value is -1.77. The molecule has 1 aliphatic heterocycles. The highest BCUT2D eigenvalue weighted by Gasteiger charge is 2.23. The molecule has 0 bridgehead atoms. The third-order valence-electron chi connectivity index (χ3n) is 5.10. The monoisotopic (exact) mass is 364 g/mol. The van der Waals surface area contributed by atoms with E-state index in [1.165, 1.54) is 11.7 Å². The highest BCUT2D eigenvalue weighted by molar-refractivity contribution is 7.89. The lowest BCUT2D eigenvalue weighted by Crippen LogP contribution is -2.29. The molecule has 1 saturated heterocycles. The smallest absolute Gasteiger partial charge is 0.211 e. The SMILES string of the molecule is CNS(=O)(=O)CCc1ccc2c(c1)c(C1CCN(C)CC1)cn2N=O. The number of hydrogen-bond acceptors (Lipinski definition) is 5. The van der Waals surface area contributed by atoms with E-state index in [4.69, 9.17) is 0 Å². The number of rotatable bonds is 6. The van der Waals surface area contributed by atoms with E-state index in [-0.39, 0.29) is 5.75 Å². The van der Waals surface area contributed by atoms with Gasteiger partial charge < -0.3 is 4.90 Å². The Bertz CT molecular complexity index is 867. The molecule has 3 rings (SSSR count). The van der Waals surface area contributed by atoms with E-state index in [1.54, 1.807) is 0 Å². The maximum atomic E-state index is 11.7. The van der Waals surface area contributed by atoms with Crippen molar-refractivity contribution in [1.82, 2.24) is 14.3 Å². The highest BCUT2D eigenvalue weighted by Crippen LogP contribution is 2.34. The Morgan fingerprint density at radius 1 is 1.28 bits per heavy atom. The van der Waals surface area contributed by atoms with Crippen molar-refractivity contribution in [3.63, 3.8) is 0 Å². The molecule has 7 nitrogen and oxygen atoms in total. The summed E-state index contributed by atoms with van der Waals surface area (Å²) in [6.45, 7) is 2.07. The molecule has 0 unspecified atom stereocenters. The summed E-state index contributed by atoms with van der Waals surface area (Å²) in [5.41, 5.74) is 2.87. The molecule has 1 aromatic carbocycles. The van der Waals surface area contributed by atoms with E-state index in [1.807, 2.05) is 24.4 Å². The molecule has 2 aromatic rings. The van der Waals surface area contributed by atoms with E-state index in [0.717, 1.165) is 48.0 Å². The average Bonchev–Trinajstić information content (AvgIpc) is 2.99. The first-order valence-corrected chi connectivity index (χ1v) is 10.2. The summed E-state index contributed by atoms with van der Waals surface area (Å²) >= 11 is 0. The van der Waals surface area contributed by atoms with E-state index < -0.39 is 10.0 Å². The molecule has 2 heterocycles. The van der Waals surface area contributed by atoms with Crippen LogP contribution < -0.4 is 4.72 Å². The second kappa shape index (κ2) is 7.23. The molecule has 0 amide bonds. The van der Waals surface area contributed by atoms with Crippen LogP contribution in [0.3, 0.4) is 0 Å². The number of piperidine rings is 1. The fraction of sp³-hybridized carbons (Fsp3) is 0.529. The van der Waals surface area contributed by atoms with Gasteiger partial charge in [0.1, 0.15) is 0 Å². The van der Waals surface area contributed by atoms with Gasteiger partial charge in [0, 0.05) is 11.6 Å². The summed E-state index contributed by atoms with van der Waals surface area (Å²) in [5.74, 6) is 0.448. The molecule has 0 saturated carbocycles. The number of nitroso groups, excluding NO2 is 1. The van der Waals surface area contributed by atoms with Crippen molar-refractivity contribution in [2.75, 3.05) is 32.9 Å². The predicted molar refractivity (Wildman–Crippen MR) is 99.2 cm³/mol. The van der Waals surface area contributed by atoms with Crippen molar-refractivity contribution >= 4 is 20.9 Å². The summed E-state index contributed by atoms with van der Waals surface area (Å²) in [4.78, 5) is 13.5. The van der Waals surface area contributed by atoms with E-state index >= 15 is 0 Å². The minimum atomic E-state index is -3.24. The van der Waals surface area contributed by atoms with Gasteiger partial charge in [-0.3, -0.25) is 0 Å². The zero-order chi connectivity index (χ0) is 18.0. The van der Waals surface area contributed by atoms with E-state index in [9.17, 15) is 13.3 Å². The van der Waals surface area contributed by atoms with Crippen molar-refractivity contribution < 1.29 is 8.42 Å². The molecule has 0 spiro atoms. The van der Waals surface area contributed by atoms with E-state index in [2.05, 4.69) is 22.0 Å². The lowest BCUT2D eigenvalue weighted by Gasteiger charge is -2.28. The molecule has 25 heavy (non-hydrogen) atoms. The molecule has 1 N–H and O–H groups in total. The van der Waals surface area contributed by atoms with Gasteiger partial charge in [0.15, 0.2) is 0 Å². The standard InChI is InChI=1S/C17H24N4O3S/c1-18-25(23,24)10-7-13-3-4-17-15(11-13)16(12-21(17)19-22)14-5-8-20(2)9-6-14/h3-4,11-12,14,18H,5-10H2,1-2H3. The Balaban J connectivity index is 1.93. The number of benzene rings is 1. The van der Waals surface area contributed by atoms with Crippen molar-refractivity contribution in [3.8, 4) is 0 Å². The van der Waals surface area contributed by atoms with Gasteiger partial charge in [-0.25, -0.2) is 17.8 Å². The minimum absolute atomic E-state index is 0.0468. The summed E-state index contributed by atoms with van der Waals surface area (Å²) in [6, 6.07) is 5.74. The van der Waals surface area contributed by atoms with Gasteiger partial charge in [0.05, 0.1) is 16.6 Å². The molecular formula is C17H24N4O3S. The van der Waals surface area contributed by atoms with Crippen LogP contribution in [0.5, 0.6) is 0 Å². The number of nitrogens with zero attached hydrogens (tertiary/aromatic N) is 3. The average molecular weight is 364 g/mol. The van der Waals surface area contributed by atoms with Crippen LogP contribution in [-0.2, 0) is 16.4 Å². The van der Waals surface area contributed by atoms with Crippen molar-refractivity contribution in [2.24, 2.45) is 5.29 Å². The molecular weight excluding hydrogens is 340 g/mol. The number of fused-ring (bicyclic) bond motifs is 1. The Kier molecular flexibility index (Phi) is 5.21. The second-order valence-electron chi connectivity index (χ2n) is 6.71. The first-order valence-electron chi connectivity index (χ1n) is 8.51. The summed E-state index contributed by atoms with van der Waals surface area (Å²) in [6.07, 6.45) is 4.37. The van der Waals surface area contributed by atoms with Crippen LogP contribution in [-0.4, -0.2) is 50.9 Å². The van der Waals surface area contributed by atoms with Gasteiger partial charge in [-0.2, -0.15) is 0 Å². The van der Waals surface area contributed by atoms with Gasteiger partial charge in [0.25, 0.3) is 0 Å². The number of sulfonamides is 1. The third kappa shape index (κ3) is 3.91. The Morgan fingerprint density at radius 2 is 2.00 bits per heavy atom. The Labute approximate surface area is 148 Å². The highest BCUT2D eigenvalue weighted by atomic mass is 32.2. The van der Waals surface area contributed by atoms with Crippen LogP contribution in [0.4, 0.5) is 0 Å². The van der Waals surface area contributed by atoms with Crippen LogP contribution in [0.2, 0.25) is 0 Å². The topological polar surface area (TPSA) is 83.8 Å². The Morgan fingerprint density at radius 3 is 2.64 bits per heavy atom. The van der Waals surface area contributed by atoms with Gasteiger partial charge in [-0.1, -0.05) is 6.07 Å². The summed E-state index contributed by atoms with van der Waals surface area (Å²) < 4.78 is 27.0. The van der Waals surface area contributed by atoms with Crippen molar-refractivity contribution in [3.05, 3.63) is 40.4 Å². The minimum Gasteiger partial charge on any atom is -0.306 e. The van der Waals surface area contributed by atoms with Crippen LogP contribution in [0, 0.1) is 4.91 Å². The maximum absolute atomic E-state index is 11.7. The number of aromatic nitrogens is 1. The molecule has 8 heteroatoms. The first-order chi connectivity index (χ1) is 11.9. The van der Waals surface area contributed by atoms with Crippen LogP contribution >= 0.6 is 0 Å². The zero-order valence-electron chi connectivity index (χ0n) is 14.6. The summed E-state index contributed by atoms with van der Waals surface area (Å²) in [5, 5.41) is 4.12. The summed E-state index contributed by atoms with van der Waals surface area (Å²) in [7, 11) is 0.305. The van der Waals surface area contributed by atoms with Crippen molar-refractivity contribution in [1.29, 1.82) is 0 Å². The fourth-order valence-electron chi connectivity index (χ4n) is 3.51. The van der Waals surface area contributed by atoms with E-state index in [0.29, 0.717) is 12.3 Å². The van der Waals surface area contributed by atoms with Crippen LogP contribution in [0.25, 0.3) is 10.9 Å². The number of aryl methyl sites for hydroxylation is 1. The van der Waals surface area contributed by atoms with Gasteiger partial charge >= 0.3 is 0 Å². The van der Waals surface area contributed by atoms with Gasteiger partial charge in [-0.05, 0) is 75.6 Å². The predicted octanol–water partition coefficient (Wildman–Crippen LogP) is 2.07. The molecule has 0 radical (unpaired) electrons. The molecule has 136 valence electrons. The molecule has 1 aromatic heterocycles. The maximum Gasteiger partial charge on any atom is 0.211 e. The number of nitrogens with one attached hydrogen (secondary N) is 1. The van der Waals surface area contributed by atoms with Crippen LogP contribution in [0.1, 0.15) is 29.9 Å². The fourth-order valence-corrected chi connectivity index (χ4v) is 4.22.